The smallest absolute Gasteiger partial charge is 0.268 e. The summed E-state index contributed by atoms with van der Waals surface area (Å²) in [4.78, 5) is 12.4. The largest absolute Gasteiger partial charge is 0.493 e. The highest BCUT2D eigenvalue weighted by molar-refractivity contribution is 7.90. The molecule has 0 fully saturated rings. The zero-order valence-electron chi connectivity index (χ0n) is 13.3. The molecule has 6 heteroatoms. The highest BCUT2D eigenvalue weighted by Crippen LogP contribution is 2.19. The molecule has 5 nitrogen and oxygen atoms in total. The SMILES string of the molecule is CCOc1ccccc1C(=O)NS(=O)(=O)c1ccc(C)c(C)c1. The average Bonchev–Trinajstić information content (AvgIpc) is 2.50. The summed E-state index contributed by atoms with van der Waals surface area (Å²) in [5.41, 5.74) is 2.01. The molecule has 122 valence electrons. The number of sulfonamides is 1. The van der Waals surface area contributed by atoms with Crippen molar-refractivity contribution in [1.82, 2.24) is 4.72 Å². The van der Waals surface area contributed by atoms with E-state index in [4.69, 9.17) is 4.74 Å². The monoisotopic (exact) mass is 333 g/mol. The van der Waals surface area contributed by atoms with Crippen molar-refractivity contribution < 1.29 is 17.9 Å². The number of carbonyl (C=O) groups excluding carboxylic acids is 1. The molecular formula is C17H19NO4S. The van der Waals surface area contributed by atoms with Gasteiger partial charge in [-0.3, -0.25) is 4.79 Å². The summed E-state index contributed by atoms with van der Waals surface area (Å²) >= 11 is 0. The van der Waals surface area contributed by atoms with Crippen molar-refractivity contribution in [2.24, 2.45) is 0 Å². The third-order valence-corrected chi connectivity index (χ3v) is 4.78. The van der Waals surface area contributed by atoms with Crippen LogP contribution in [0.15, 0.2) is 47.4 Å². The predicted octanol–water partition coefficient (Wildman–Crippen LogP) is 2.82. The van der Waals surface area contributed by atoms with Crippen molar-refractivity contribution in [3.05, 3.63) is 59.2 Å². The Morgan fingerprint density at radius 3 is 2.43 bits per heavy atom. The summed E-state index contributed by atoms with van der Waals surface area (Å²) in [7, 11) is -3.93. The fourth-order valence-corrected chi connectivity index (χ4v) is 3.10. The topological polar surface area (TPSA) is 72.5 Å². The van der Waals surface area contributed by atoms with Gasteiger partial charge in [-0.1, -0.05) is 18.2 Å². The second-order valence-electron chi connectivity index (χ2n) is 5.11. The number of para-hydroxylation sites is 1. The Balaban J connectivity index is 2.30. The summed E-state index contributed by atoms with van der Waals surface area (Å²) in [6.45, 7) is 5.89. The predicted molar refractivity (Wildman–Crippen MR) is 88.2 cm³/mol. The van der Waals surface area contributed by atoms with Crippen molar-refractivity contribution in [3.8, 4) is 5.75 Å². The van der Waals surface area contributed by atoms with Gasteiger partial charge in [0.25, 0.3) is 15.9 Å². The lowest BCUT2D eigenvalue weighted by Gasteiger charge is -2.11. The highest BCUT2D eigenvalue weighted by Gasteiger charge is 2.21. The molecule has 2 rings (SSSR count). The standard InChI is InChI=1S/C17H19NO4S/c1-4-22-16-8-6-5-7-15(16)17(19)18-23(20,21)14-10-9-12(2)13(3)11-14/h5-11H,4H2,1-3H3,(H,18,19). The zero-order chi connectivity index (χ0) is 17.0. The number of hydrogen-bond donors (Lipinski definition) is 1. The van der Waals surface area contributed by atoms with Crippen molar-refractivity contribution >= 4 is 15.9 Å². The van der Waals surface area contributed by atoms with Crippen LogP contribution in [0, 0.1) is 13.8 Å². The van der Waals surface area contributed by atoms with E-state index in [2.05, 4.69) is 4.72 Å². The quantitative estimate of drug-likeness (QED) is 0.913. The van der Waals surface area contributed by atoms with E-state index in [9.17, 15) is 13.2 Å². The van der Waals surface area contributed by atoms with Gasteiger partial charge in [0, 0.05) is 0 Å². The lowest BCUT2D eigenvalue weighted by atomic mass is 10.1. The highest BCUT2D eigenvalue weighted by atomic mass is 32.2. The Kier molecular flexibility index (Phi) is 5.05. The molecule has 2 aromatic rings. The van der Waals surface area contributed by atoms with E-state index in [1.165, 1.54) is 12.1 Å². The Hall–Kier alpha value is -2.34. The van der Waals surface area contributed by atoms with Gasteiger partial charge in [-0.15, -0.1) is 0 Å². The maximum atomic E-state index is 12.4. The first-order chi connectivity index (χ1) is 10.8. The first-order valence-electron chi connectivity index (χ1n) is 7.21. The van der Waals surface area contributed by atoms with E-state index in [1.807, 2.05) is 13.8 Å². The van der Waals surface area contributed by atoms with E-state index in [0.717, 1.165) is 11.1 Å². The van der Waals surface area contributed by atoms with Gasteiger partial charge in [0.15, 0.2) is 0 Å². The molecule has 0 atom stereocenters. The van der Waals surface area contributed by atoms with E-state index in [-0.39, 0.29) is 10.5 Å². The first-order valence-corrected chi connectivity index (χ1v) is 8.69. The molecule has 0 saturated heterocycles. The van der Waals surface area contributed by atoms with Gasteiger partial charge in [-0.2, -0.15) is 0 Å². The first kappa shape index (κ1) is 17.0. The van der Waals surface area contributed by atoms with Gasteiger partial charge < -0.3 is 4.74 Å². The van der Waals surface area contributed by atoms with Gasteiger partial charge in [0.1, 0.15) is 5.75 Å². The van der Waals surface area contributed by atoms with Gasteiger partial charge in [0.05, 0.1) is 17.1 Å². The minimum absolute atomic E-state index is 0.0582. The maximum absolute atomic E-state index is 12.4. The minimum Gasteiger partial charge on any atom is -0.493 e. The number of nitrogens with one attached hydrogen (secondary N) is 1. The minimum atomic E-state index is -3.93. The lowest BCUT2D eigenvalue weighted by Crippen LogP contribution is -2.31. The molecule has 1 amide bonds. The maximum Gasteiger partial charge on any atom is 0.268 e. The van der Waals surface area contributed by atoms with Crippen LogP contribution < -0.4 is 9.46 Å². The van der Waals surface area contributed by atoms with Crippen LogP contribution >= 0.6 is 0 Å². The molecule has 0 bridgehead atoms. The van der Waals surface area contributed by atoms with Crippen molar-refractivity contribution in [1.29, 1.82) is 0 Å². The Morgan fingerprint density at radius 1 is 1.09 bits per heavy atom. The average molecular weight is 333 g/mol. The van der Waals surface area contributed by atoms with Crippen LogP contribution in [0.5, 0.6) is 5.75 Å². The van der Waals surface area contributed by atoms with E-state index in [1.54, 1.807) is 37.3 Å². The number of ether oxygens (including phenoxy) is 1. The molecule has 2 aromatic carbocycles. The van der Waals surface area contributed by atoms with E-state index >= 15 is 0 Å². The van der Waals surface area contributed by atoms with Crippen molar-refractivity contribution in [3.63, 3.8) is 0 Å². The molecule has 0 aliphatic heterocycles. The number of aryl methyl sites for hydroxylation is 2. The third-order valence-electron chi connectivity index (χ3n) is 3.45. The van der Waals surface area contributed by atoms with Gasteiger partial charge in [0.2, 0.25) is 0 Å². The number of rotatable bonds is 5. The molecule has 0 saturated carbocycles. The molecule has 0 unspecified atom stereocenters. The summed E-state index contributed by atoms with van der Waals surface area (Å²) in [6, 6.07) is 11.3. The molecule has 1 N–H and O–H groups in total. The Labute approximate surface area is 136 Å². The third kappa shape index (κ3) is 3.90. The van der Waals surface area contributed by atoms with Crippen LogP contribution in [0.3, 0.4) is 0 Å². The zero-order valence-corrected chi connectivity index (χ0v) is 14.1. The molecule has 0 spiro atoms. The number of benzene rings is 2. The number of hydrogen-bond acceptors (Lipinski definition) is 4. The van der Waals surface area contributed by atoms with Crippen molar-refractivity contribution in [2.75, 3.05) is 6.61 Å². The van der Waals surface area contributed by atoms with Gasteiger partial charge in [-0.05, 0) is 56.2 Å². The fourth-order valence-electron chi connectivity index (χ4n) is 2.05. The lowest BCUT2D eigenvalue weighted by molar-refractivity contribution is 0.0977. The van der Waals surface area contributed by atoms with Crippen LogP contribution in [0.4, 0.5) is 0 Å². The van der Waals surface area contributed by atoms with Crippen LogP contribution in [0.25, 0.3) is 0 Å². The van der Waals surface area contributed by atoms with E-state index in [0.29, 0.717) is 12.4 Å². The second kappa shape index (κ2) is 6.83. The number of amides is 1. The summed E-state index contributed by atoms with van der Waals surface area (Å²) in [5, 5.41) is 0. The van der Waals surface area contributed by atoms with Crippen LogP contribution in [0.1, 0.15) is 28.4 Å². The number of carbonyl (C=O) groups is 1. The summed E-state index contributed by atoms with van der Waals surface area (Å²) in [6.07, 6.45) is 0. The van der Waals surface area contributed by atoms with Crippen LogP contribution in [0.2, 0.25) is 0 Å². The summed E-state index contributed by atoms with van der Waals surface area (Å²) < 4.78 is 32.2. The molecule has 23 heavy (non-hydrogen) atoms. The molecule has 0 aliphatic carbocycles. The molecule has 0 heterocycles. The van der Waals surface area contributed by atoms with Crippen LogP contribution in [-0.4, -0.2) is 20.9 Å². The second-order valence-corrected chi connectivity index (χ2v) is 6.79. The van der Waals surface area contributed by atoms with Crippen LogP contribution in [-0.2, 0) is 10.0 Å². The van der Waals surface area contributed by atoms with Gasteiger partial charge in [-0.25, -0.2) is 13.1 Å². The Morgan fingerprint density at radius 2 is 1.78 bits per heavy atom. The molecular weight excluding hydrogens is 314 g/mol. The molecule has 0 aromatic heterocycles. The fraction of sp³-hybridized carbons (Fsp3) is 0.235. The molecule has 0 aliphatic rings. The van der Waals surface area contributed by atoms with Gasteiger partial charge >= 0.3 is 0 Å². The molecule has 0 radical (unpaired) electrons. The Bertz CT molecular complexity index is 828. The van der Waals surface area contributed by atoms with E-state index < -0.39 is 15.9 Å². The van der Waals surface area contributed by atoms with Crippen molar-refractivity contribution in [2.45, 2.75) is 25.7 Å². The normalized spacial score (nSPS) is 11.1. The summed E-state index contributed by atoms with van der Waals surface area (Å²) in [5.74, 6) is -0.366.